The third-order valence-corrected chi connectivity index (χ3v) is 1.51. The zero-order valence-corrected chi connectivity index (χ0v) is 6.12. The molecular weight excluding hydrogens is 128 g/mol. The molecule has 0 aliphatic heterocycles. The second-order valence-corrected chi connectivity index (χ2v) is 2.32. The van der Waals surface area contributed by atoms with E-state index in [0.29, 0.717) is 0 Å². The molecule has 3 heteroatoms. The predicted molar refractivity (Wildman–Crippen MR) is 38.6 cm³/mol. The number of aryl methyl sites for hydroxylation is 2. The van der Waals surface area contributed by atoms with Crippen LogP contribution < -0.4 is 0 Å². The van der Waals surface area contributed by atoms with Gasteiger partial charge in [0.25, 0.3) is 0 Å². The normalized spacial score (nSPS) is 10.2. The monoisotopic (exact) mass is 140 g/mol. The summed E-state index contributed by atoms with van der Waals surface area (Å²) in [5.41, 5.74) is 1.18. The summed E-state index contributed by atoms with van der Waals surface area (Å²) in [5.74, 6) is 0. The number of aromatic nitrogens is 2. The van der Waals surface area contributed by atoms with Crippen LogP contribution in [0.25, 0.3) is 0 Å². The van der Waals surface area contributed by atoms with Crippen molar-refractivity contribution in [2.45, 2.75) is 12.8 Å². The number of aliphatic hydroxyl groups excluding tert-OH is 1. The molecule has 1 rings (SSSR count). The summed E-state index contributed by atoms with van der Waals surface area (Å²) < 4.78 is 1.97. The van der Waals surface area contributed by atoms with Crippen LogP contribution in [-0.4, -0.2) is 21.3 Å². The molecule has 10 heavy (non-hydrogen) atoms. The summed E-state index contributed by atoms with van der Waals surface area (Å²) >= 11 is 0. The maximum Gasteiger partial charge on any atom is 0.0945 e. The maximum absolute atomic E-state index is 8.53. The van der Waals surface area contributed by atoms with Gasteiger partial charge in [-0.1, -0.05) is 0 Å². The molecule has 0 atom stereocenters. The first-order valence-electron chi connectivity index (χ1n) is 3.40. The largest absolute Gasteiger partial charge is 0.396 e. The molecule has 0 radical (unpaired) electrons. The van der Waals surface area contributed by atoms with Crippen LogP contribution >= 0.6 is 0 Å². The molecule has 0 bridgehead atoms. The Labute approximate surface area is 60.3 Å². The fourth-order valence-electron chi connectivity index (χ4n) is 0.886. The highest BCUT2D eigenvalue weighted by Gasteiger charge is 1.95. The lowest BCUT2D eigenvalue weighted by molar-refractivity contribution is 0.287. The Morgan fingerprint density at radius 3 is 3.00 bits per heavy atom. The lowest BCUT2D eigenvalue weighted by atomic mass is 10.2. The van der Waals surface area contributed by atoms with Gasteiger partial charge in [-0.2, -0.15) is 0 Å². The van der Waals surface area contributed by atoms with Crippen LogP contribution in [0.3, 0.4) is 0 Å². The second kappa shape index (κ2) is 3.37. The molecule has 0 unspecified atom stereocenters. The zero-order valence-electron chi connectivity index (χ0n) is 6.12. The smallest absolute Gasteiger partial charge is 0.0945 e. The molecule has 0 spiro atoms. The van der Waals surface area contributed by atoms with Crippen LogP contribution in [0.4, 0.5) is 0 Å². The third kappa shape index (κ3) is 1.57. The number of hydrogen-bond donors (Lipinski definition) is 1. The van der Waals surface area contributed by atoms with Gasteiger partial charge in [0.15, 0.2) is 0 Å². The van der Waals surface area contributed by atoms with Gasteiger partial charge in [0.2, 0.25) is 0 Å². The predicted octanol–water partition coefficient (Wildman–Crippen LogP) is 0.345. The Hall–Kier alpha value is -0.830. The first-order chi connectivity index (χ1) is 4.84. The number of hydrogen-bond acceptors (Lipinski definition) is 2. The third-order valence-electron chi connectivity index (χ3n) is 1.51. The van der Waals surface area contributed by atoms with Crippen LogP contribution in [0.15, 0.2) is 12.5 Å². The summed E-state index contributed by atoms with van der Waals surface area (Å²) in [5, 5.41) is 8.53. The second-order valence-electron chi connectivity index (χ2n) is 2.32. The molecule has 0 fully saturated rings. The minimum absolute atomic E-state index is 0.255. The molecule has 0 aromatic carbocycles. The minimum atomic E-state index is 0.255. The van der Waals surface area contributed by atoms with Gasteiger partial charge in [0.1, 0.15) is 0 Å². The van der Waals surface area contributed by atoms with Gasteiger partial charge in [0, 0.05) is 25.5 Å². The molecule has 1 N–H and O–H groups in total. The molecule has 0 aliphatic rings. The van der Waals surface area contributed by atoms with Gasteiger partial charge in [0.05, 0.1) is 6.33 Å². The topological polar surface area (TPSA) is 38.0 Å². The van der Waals surface area contributed by atoms with Crippen molar-refractivity contribution in [2.24, 2.45) is 7.05 Å². The standard InChI is InChI=1S/C7H12N2O/c1-9-6-8-5-7(9)3-2-4-10/h5-6,10H,2-4H2,1H3. The molecule has 1 aromatic heterocycles. The number of aliphatic hydroxyl groups is 1. The highest BCUT2D eigenvalue weighted by molar-refractivity contribution is 4.96. The van der Waals surface area contributed by atoms with Crippen molar-refractivity contribution >= 4 is 0 Å². The average molecular weight is 140 g/mol. The van der Waals surface area contributed by atoms with Gasteiger partial charge in [-0.3, -0.25) is 0 Å². The van der Waals surface area contributed by atoms with Gasteiger partial charge in [-0.25, -0.2) is 4.98 Å². The Balaban J connectivity index is 2.49. The van der Waals surface area contributed by atoms with Crippen molar-refractivity contribution in [2.75, 3.05) is 6.61 Å². The van der Waals surface area contributed by atoms with Crippen molar-refractivity contribution < 1.29 is 5.11 Å². The molecule has 3 nitrogen and oxygen atoms in total. The Morgan fingerprint density at radius 2 is 2.50 bits per heavy atom. The van der Waals surface area contributed by atoms with Crippen molar-refractivity contribution in [1.29, 1.82) is 0 Å². The maximum atomic E-state index is 8.53. The molecule has 0 aliphatic carbocycles. The highest BCUT2D eigenvalue weighted by Crippen LogP contribution is 1.99. The van der Waals surface area contributed by atoms with Gasteiger partial charge < -0.3 is 9.67 Å². The zero-order chi connectivity index (χ0) is 7.40. The van der Waals surface area contributed by atoms with E-state index in [1.54, 1.807) is 6.33 Å². The number of rotatable bonds is 3. The van der Waals surface area contributed by atoms with E-state index in [1.165, 1.54) is 5.69 Å². The van der Waals surface area contributed by atoms with E-state index in [1.807, 2.05) is 17.8 Å². The summed E-state index contributed by atoms with van der Waals surface area (Å²) in [6, 6.07) is 0. The summed E-state index contributed by atoms with van der Waals surface area (Å²) in [4.78, 5) is 3.96. The lowest BCUT2D eigenvalue weighted by Gasteiger charge is -1.98. The first-order valence-corrected chi connectivity index (χ1v) is 3.40. The van der Waals surface area contributed by atoms with E-state index < -0.39 is 0 Å². The molecule has 1 aromatic rings. The molecule has 56 valence electrons. The Morgan fingerprint density at radius 1 is 1.70 bits per heavy atom. The molecule has 1 heterocycles. The number of imidazole rings is 1. The Kier molecular flexibility index (Phi) is 2.45. The Bertz CT molecular complexity index is 195. The minimum Gasteiger partial charge on any atom is -0.396 e. The van der Waals surface area contributed by atoms with Crippen LogP contribution in [-0.2, 0) is 13.5 Å². The summed E-state index contributed by atoms with van der Waals surface area (Å²) in [6.07, 6.45) is 5.33. The SMILES string of the molecule is Cn1cncc1CCCO. The molecule has 0 saturated heterocycles. The summed E-state index contributed by atoms with van der Waals surface area (Å²) in [7, 11) is 1.96. The van der Waals surface area contributed by atoms with E-state index in [2.05, 4.69) is 4.98 Å². The van der Waals surface area contributed by atoms with Crippen LogP contribution in [0.5, 0.6) is 0 Å². The van der Waals surface area contributed by atoms with Crippen LogP contribution in [0.2, 0.25) is 0 Å². The van der Waals surface area contributed by atoms with E-state index in [-0.39, 0.29) is 6.61 Å². The molecule has 0 saturated carbocycles. The van der Waals surface area contributed by atoms with Crippen molar-refractivity contribution in [1.82, 2.24) is 9.55 Å². The number of nitrogens with zero attached hydrogens (tertiary/aromatic N) is 2. The van der Waals surface area contributed by atoms with Crippen LogP contribution in [0.1, 0.15) is 12.1 Å². The first kappa shape index (κ1) is 7.28. The van der Waals surface area contributed by atoms with Crippen molar-refractivity contribution in [3.05, 3.63) is 18.2 Å². The fraction of sp³-hybridized carbons (Fsp3) is 0.571. The summed E-state index contributed by atoms with van der Waals surface area (Å²) in [6.45, 7) is 0.255. The van der Waals surface area contributed by atoms with Gasteiger partial charge in [-0.05, 0) is 12.8 Å². The molecular formula is C7H12N2O. The van der Waals surface area contributed by atoms with Crippen molar-refractivity contribution in [3.8, 4) is 0 Å². The molecule has 0 amide bonds. The van der Waals surface area contributed by atoms with Crippen LogP contribution in [0, 0.1) is 0 Å². The lowest BCUT2D eigenvalue weighted by Crippen LogP contribution is -1.96. The van der Waals surface area contributed by atoms with E-state index in [4.69, 9.17) is 5.11 Å². The van der Waals surface area contributed by atoms with Gasteiger partial charge in [-0.15, -0.1) is 0 Å². The van der Waals surface area contributed by atoms with E-state index in [9.17, 15) is 0 Å². The van der Waals surface area contributed by atoms with Crippen molar-refractivity contribution in [3.63, 3.8) is 0 Å². The quantitative estimate of drug-likeness (QED) is 0.657. The van der Waals surface area contributed by atoms with E-state index >= 15 is 0 Å². The van der Waals surface area contributed by atoms with E-state index in [0.717, 1.165) is 12.8 Å². The fourth-order valence-corrected chi connectivity index (χ4v) is 0.886. The average Bonchev–Trinajstić information content (AvgIpc) is 2.31. The van der Waals surface area contributed by atoms with Gasteiger partial charge >= 0.3 is 0 Å². The highest BCUT2D eigenvalue weighted by atomic mass is 16.2.